The second-order valence-corrected chi connectivity index (χ2v) is 4.74. The number of aryl methyl sites for hydroxylation is 1. The largest absolute Gasteiger partial charge is 0.304 e. The summed E-state index contributed by atoms with van der Waals surface area (Å²) >= 11 is 6.30. The number of nitrogens with one attached hydrogen (secondary N) is 1. The number of rotatable bonds is 6. The van der Waals surface area contributed by atoms with Crippen LogP contribution in [0.3, 0.4) is 0 Å². The third-order valence-corrected chi connectivity index (χ3v) is 3.28. The van der Waals surface area contributed by atoms with E-state index < -0.39 is 0 Å². The Morgan fingerprint density at radius 1 is 1.37 bits per heavy atom. The van der Waals surface area contributed by atoms with Crippen LogP contribution in [0.2, 0.25) is 5.02 Å². The van der Waals surface area contributed by atoms with E-state index in [0.29, 0.717) is 5.02 Å². The standard InChI is InChI=1S/C14H19ClN4/c1-3-8-17-13(12-7-5-6-9-16-12)14-11(15)10-18-19(14)4-2/h5-7,9-10,13,17H,3-4,8H2,1-2H3. The van der Waals surface area contributed by atoms with Gasteiger partial charge in [-0.05, 0) is 32.0 Å². The van der Waals surface area contributed by atoms with Gasteiger partial charge in [-0.3, -0.25) is 9.67 Å². The van der Waals surface area contributed by atoms with E-state index in [1.165, 1.54) is 0 Å². The van der Waals surface area contributed by atoms with Crippen LogP contribution in [0.5, 0.6) is 0 Å². The van der Waals surface area contributed by atoms with Gasteiger partial charge in [-0.25, -0.2) is 0 Å². The molecule has 0 aliphatic rings. The Labute approximate surface area is 118 Å². The molecule has 2 rings (SSSR count). The van der Waals surface area contributed by atoms with E-state index in [0.717, 1.165) is 30.9 Å². The monoisotopic (exact) mass is 278 g/mol. The van der Waals surface area contributed by atoms with E-state index in [1.807, 2.05) is 22.9 Å². The molecular formula is C14H19ClN4. The van der Waals surface area contributed by atoms with Gasteiger partial charge in [0.25, 0.3) is 0 Å². The summed E-state index contributed by atoms with van der Waals surface area (Å²) in [6, 6.07) is 5.90. The molecule has 102 valence electrons. The van der Waals surface area contributed by atoms with Crippen LogP contribution in [0.25, 0.3) is 0 Å². The molecule has 0 fully saturated rings. The molecule has 2 aromatic rings. The van der Waals surface area contributed by atoms with Crippen LogP contribution in [0.15, 0.2) is 30.6 Å². The number of hydrogen-bond acceptors (Lipinski definition) is 3. The minimum atomic E-state index is -0.0175. The van der Waals surface area contributed by atoms with Crippen molar-refractivity contribution in [2.75, 3.05) is 6.54 Å². The van der Waals surface area contributed by atoms with Crippen LogP contribution < -0.4 is 5.32 Å². The number of nitrogens with zero attached hydrogens (tertiary/aromatic N) is 3. The molecule has 0 aromatic carbocycles. The predicted molar refractivity (Wildman–Crippen MR) is 77.3 cm³/mol. The Hall–Kier alpha value is -1.39. The Morgan fingerprint density at radius 2 is 2.21 bits per heavy atom. The van der Waals surface area contributed by atoms with Gasteiger partial charge < -0.3 is 5.32 Å². The highest BCUT2D eigenvalue weighted by Gasteiger charge is 2.22. The summed E-state index contributed by atoms with van der Waals surface area (Å²) in [6.07, 6.45) is 4.56. The van der Waals surface area contributed by atoms with Crippen molar-refractivity contribution >= 4 is 11.6 Å². The summed E-state index contributed by atoms with van der Waals surface area (Å²) in [5, 5.41) is 8.48. The first kappa shape index (κ1) is 14.0. The third-order valence-electron chi connectivity index (χ3n) is 2.99. The molecule has 2 aromatic heterocycles. The third kappa shape index (κ3) is 3.14. The lowest BCUT2D eigenvalue weighted by atomic mass is 10.1. The van der Waals surface area contributed by atoms with Crippen molar-refractivity contribution in [3.63, 3.8) is 0 Å². The molecule has 0 saturated heterocycles. The van der Waals surface area contributed by atoms with E-state index in [4.69, 9.17) is 11.6 Å². The quantitative estimate of drug-likeness (QED) is 0.883. The highest BCUT2D eigenvalue weighted by Crippen LogP contribution is 2.27. The van der Waals surface area contributed by atoms with Crippen LogP contribution in [0, 0.1) is 0 Å². The Bertz CT molecular complexity index is 509. The zero-order valence-electron chi connectivity index (χ0n) is 11.3. The van der Waals surface area contributed by atoms with Crippen molar-refractivity contribution in [1.29, 1.82) is 0 Å². The molecule has 0 bridgehead atoms. The van der Waals surface area contributed by atoms with E-state index >= 15 is 0 Å². The zero-order chi connectivity index (χ0) is 13.7. The smallest absolute Gasteiger partial charge is 0.0937 e. The Morgan fingerprint density at radius 3 is 2.84 bits per heavy atom. The molecule has 4 nitrogen and oxygen atoms in total. The minimum Gasteiger partial charge on any atom is -0.304 e. The number of hydrogen-bond donors (Lipinski definition) is 1. The molecule has 2 heterocycles. The first-order chi connectivity index (χ1) is 9.27. The van der Waals surface area contributed by atoms with E-state index in [9.17, 15) is 0 Å². The molecule has 1 atom stereocenters. The average Bonchev–Trinajstić information content (AvgIpc) is 2.82. The highest BCUT2D eigenvalue weighted by molar-refractivity contribution is 6.31. The van der Waals surface area contributed by atoms with Gasteiger partial charge in [-0.1, -0.05) is 24.6 Å². The lowest BCUT2D eigenvalue weighted by Gasteiger charge is -2.19. The summed E-state index contributed by atoms with van der Waals surface area (Å²) in [5.41, 5.74) is 1.95. The fourth-order valence-electron chi connectivity index (χ4n) is 2.09. The molecule has 0 saturated carbocycles. The minimum absolute atomic E-state index is 0.0175. The van der Waals surface area contributed by atoms with Crippen molar-refractivity contribution in [2.24, 2.45) is 0 Å². The van der Waals surface area contributed by atoms with E-state index in [2.05, 4.69) is 29.2 Å². The van der Waals surface area contributed by atoms with Gasteiger partial charge in [0.1, 0.15) is 0 Å². The van der Waals surface area contributed by atoms with Gasteiger partial charge in [0.15, 0.2) is 0 Å². The fourth-order valence-corrected chi connectivity index (χ4v) is 2.34. The van der Waals surface area contributed by atoms with Crippen LogP contribution >= 0.6 is 11.6 Å². The van der Waals surface area contributed by atoms with E-state index in [-0.39, 0.29) is 6.04 Å². The van der Waals surface area contributed by atoms with E-state index in [1.54, 1.807) is 12.4 Å². The van der Waals surface area contributed by atoms with Gasteiger partial charge in [0, 0.05) is 12.7 Å². The SMILES string of the molecule is CCCNC(c1ccccn1)c1c(Cl)cnn1CC. The van der Waals surface area contributed by atoms with Crippen LogP contribution in [0.1, 0.15) is 37.7 Å². The van der Waals surface area contributed by atoms with Crippen LogP contribution in [-0.4, -0.2) is 21.3 Å². The number of halogens is 1. The van der Waals surface area contributed by atoms with Gasteiger partial charge in [-0.2, -0.15) is 5.10 Å². The van der Waals surface area contributed by atoms with Gasteiger partial charge in [-0.15, -0.1) is 0 Å². The predicted octanol–water partition coefficient (Wildman–Crippen LogP) is 3.04. The molecule has 1 unspecified atom stereocenters. The first-order valence-corrected chi connectivity index (χ1v) is 7.01. The Kier molecular flexibility index (Phi) is 4.93. The molecule has 0 aliphatic heterocycles. The van der Waals surface area contributed by atoms with Crippen molar-refractivity contribution in [1.82, 2.24) is 20.1 Å². The highest BCUT2D eigenvalue weighted by atomic mass is 35.5. The second kappa shape index (κ2) is 6.68. The van der Waals surface area contributed by atoms with Crippen molar-refractivity contribution in [2.45, 2.75) is 32.9 Å². The molecule has 0 aliphatic carbocycles. The lowest BCUT2D eigenvalue weighted by Crippen LogP contribution is -2.26. The first-order valence-electron chi connectivity index (χ1n) is 6.63. The van der Waals surface area contributed by atoms with Gasteiger partial charge >= 0.3 is 0 Å². The van der Waals surface area contributed by atoms with Gasteiger partial charge in [0.2, 0.25) is 0 Å². The second-order valence-electron chi connectivity index (χ2n) is 4.34. The number of aromatic nitrogens is 3. The maximum absolute atomic E-state index is 6.30. The molecular weight excluding hydrogens is 260 g/mol. The molecule has 5 heteroatoms. The summed E-state index contributed by atoms with van der Waals surface area (Å²) < 4.78 is 1.92. The van der Waals surface area contributed by atoms with Crippen LogP contribution in [-0.2, 0) is 6.54 Å². The lowest BCUT2D eigenvalue weighted by molar-refractivity contribution is 0.522. The Balaban J connectivity index is 2.40. The summed E-state index contributed by atoms with van der Waals surface area (Å²) in [5.74, 6) is 0. The maximum atomic E-state index is 6.30. The summed E-state index contributed by atoms with van der Waals surface area (Å²) in [6.45, 7) is 5.90. The molecule has 19 heavy (non-hydrogen) atoms. The van der Waals surface area contributed by atoms with Crippen LogP contribution in [0.4, 0.5) is 0 Å². The zero-order valence-corrected chi connectivity index (χ0v) is 12.1. The van der Waals surface area contributed by atoms with Gasteiger partial charge in [0.05, 0.1) is 28.6 Å². The summed E-state index contributed by atoms with van der Waals surface area (Å²) in [7, 11) is 0. The van der Waals surface area contributed by atoms with Crippen molar-refractivity contribution in [3.8, 4) is 0 Å². The molecule has 1 N–H and O–H groups in total. The number of pyridine rings is 1. The fraction of sp³-hybridized carbons (Fsp3) is 0.429. The maximum Gasteiger partial charge on any atom is 0.0937 e. The molecule has 0 spiro atoms. The van der Waals surface area contributed by atoms with Crippen molar-refractivity contribution in [3.05, 3.63) is 47.0 Å². The van der Waals surface area contributed by atoms with Crippen molar-refractivity contribution < 1.29 is 0 Å². The molecule has 0 amide bonds. The molecule has 0 radical (unpaired) electrons. The normalized spacial score (nSPS) is 12.6. The topological polar surface area (TPSA) is 42.7 Å². The average molecular weight is 279 g/mol. The summed E-state index contributed by atoms with van der Waals surface area (Å²) in [4.78, 5) is 4.44.